The molecule has 0 N–H and O–H groups in total. The first-order chi connectivity index (χ1) is 12.3. The highest BCUT2D eigenvalue weighted by Gasteiger charge is 2.30. The molecule has 2 rings (SSSR count). The van der Waals surface area contributed by atoms with E-state index in [-0.39, 0.29) is 0 Å². The number of unbranched alkanes of at least 4 members (excludes halogenated alkanes) is 1. The van der Waals surface area contributed by atoms with Gasteiger partial charge in [-0.15, -0.1) is 0 Å². The molecule has 2 fully saturated rings. The maximum absolute atomic E-state index is 5.78. The Labute approximate surface area is 157 Å². The molecule has 0 spiro atoms. The molecular formula is C24H42O. The van der Waals surface area contributed by atoms with E-state index in [0.29, 0.717) is 0 Å². The van der Waals surface area contributed by atoms with Gasteiger partial charge in [0.15, 0.2) is 0 Å². The van der Waals surface area contributed by atoms with Crippen LogP contribution in [0.1, 0.15) is 90.9 Å². The molecule has 0 atom stereocenters. The number of hydrogen-bond donors (Lipinski definition) is 0. The van der Waals surface area contributed by atoms with Crippen LogP contribution in [0.2, 0.25) is 0 Å². The lowest BCUT2D eigenvalue weighted by Gasteiger charge is -2.38. The highest BCUT2D eigenvalue weighted by atomic mass is 16.5. The van der Waals surface area contributed by atoms with Crippen LogP contribution in [0.4, 0.5) is 0 Å². The molecule has 0 aromatic rings. The van der Waals surface area contributed by atoms with E-state index in [4.69, 9.17) is 4.74 Å². The lowest BCUT2D eigenvalue weighted by molar-refractivity contribution is 0.0779. The highest BCUT2D eigenvalue weighted by Crippen LogP contribution is 2.42. The van der Waals surface area contributed by atoms with Gasteiger partial charge in [0.25, 0.3) is 0 Å². The summed E-state index contributed by atoms with van der Waals surface area (Å²) in [6.45, 7) is 6.07. The quantitative estimate of drug-likeness (QED) is 0.297. The van der Waals surface area contributed by atoms with Crippen LogP contribution in [0.3, 0.4) is 0 Å². The first-order valence-corrected chi connectivity index (χ1v) is 11.2. The van der Waals surface area contributed by atoms with Crippen molar-refractivity contribution in [3.63, 3.8) is 0 Å². The Hall–Kier alpha value is -0.560. The second kappa shape index (κ2) is 12.7. The minimum absolute atomic E-state index is 0.800. The second-order valence-electron chi connectivity index (χ2n) is 8.48. The van der Waals surface area contributed by atoms with Crippen molar-refractivity contribution >= 4 is 0 Å². The fraction of sp³-hybridized carbons (Fsp3) is 0.833. The Bertz CT molecular complexity index is 368. The Balaban J connectivity index is 1.55. The average molecular weight is 347 g/mol. The predicted octanol–water partition coefficient (Wildman–Crippen LogP) is 7.33. The third kappa shape index (κ3) is 8.11. The maximum atomic E-state index is 5.78. The van der Waals surface area contributed by atoms with Crippen molar-refractivity contribution in [1.29, 1.82) is 0 Å². The Kier molecular flexibility index (Phi) is 10.6. The monoisotopic (exact) mass is 346 g/mol. The lowest BCUT2D eigenvalue weighted by atomic mass is 9.69. The van der Waals surface area contributed by atoms with Gasteiger partial charge in [0, 0.05) is 6.61 Å². The van der Waals surface area contributed by atoms with E-state index in [9.17, 15) is 0 Å². The summed E-state index contributed by atoms with van der Waals surface area (Å²) in [4.78, 5) is 0. The van der Waals surface area contributed by atoms with E-state index in [2.05, 4.69) is 38.2 Å². The van der Waals surface area contributed by atoms with Crippen molar-refractivity contribution in [3.05, 3.63) is 24.3 Å². The smallest absolute Gasteiger partial charge is 0.0647 e. The van der Waals surface area contributed by atoms with Crippen molar-refractivity contribution in [2.24, 2.45) is 23.7 Å². The Morgan fingerprint density at radius 3 is 2.04 bits per heavy atom. The van der Waals surface area contributed by atoms with Gasteiger partial charge in [0.1, 0.15) is 0 Å². The van der Waals surface area contributed by atoms with Gasteiger partial charge in [-0.1, -0.05) is 50.5 Å². The van der Waals surface area contributed by atoms with Gasteiger partial charge >= 0.3 is 0 Å². The summed E-state index contributed by atoms with van der Waals surface area (Å²) in [7, 11) is 0. The second-order valence-corrected chi connectivity index (χ2v) is 8.48. The van der Waals surface area contributed by atoms with Crippen molar-refractivity contribution in [1.82, 2.24) is 0 Å². The summed E-state index contributed by atoms with van der Waals surface area (Å²) in [5.74, 6) is 3.93. The largest absolute Gasteiger partial charge is 0.377 e. The predicted molar refractivity (Wildman–Crippen MR) is 110 cm³/mol. The first-order valence-electron chi connectivity index (χ1n) is 11.2. The summed E-state index contributed by atoms with van der Waals surface area (Å²) in [6, 6.07) is 0. The molecule has 144 valence electrons. The van der Waals surface area contributed by atoms with Gasteiger partial charge in [-0.3, -0.25) is 0 Å². The van der Waals surface area contributed by atoms with Crippen LogP contribution in [0.25, 0.3) is 0 Å². The summed E-state index contributed by atoms with van der Waals surface area (Å²) < 4.78 is 5.78. The topological polar surface area (TPSA) is 9.23 Å². The zero-order chi connectivity index (χ0) is 17.7. The number of rotatable bonds is 10. The molecule has 2 aliphatic rings. The Morgan fingerprint density at radius 2 is 1.44 bits per heavy atom. The standard InChI is InChI=1S/C24H42O/c1-3-5-7-8-9-10-21-11-15-23(16-12-21)24-17-13-22(14-18-24)20-25-19-6-4-2/h4-7,21-24H,3,8-20H2,1-2H3/b6-4-,7-5-. The molecular weight excluding hydrogens is 304 g/mol. The van der Waals surface area contributed by atoms with Crippen molar-refractivity contribution < 1.29 is 4.74 Å². The molecule has 2 aliphatic carbocycles. The molecule has 2 saturated carbocycles. The SMILES string of the molecule is C/C=C\COCC1CCC(C2CCC(CCC/C=C\CC)CC2)CC1. The third-order valence-corrected chi connectivity index (χ3v) is 6.64. The van der Waals surface area contributed by atoms with E-state index in [1.807, 2.05) is 0 Å². The molecule has 0 saturated heterocycles. The molecule has 0 radical (unpaired) electrons. The van der Waals surface area contributed by atoms with Crippen LogP contribution in [-0.4, -0.2) is 13.2 Å². The molecule has 1 nitrogen and oxygen atoms in total. The van der Waals surface area contributed by atoms with Gasteiger partial charge < -0.3 is 4.74 Å². The fourth-order valence-electron chi connectivity index (χ4n) is 4.98. The van der Waals surface area contributed by atoms with Crippen molar-refractivity contribution in [2.75, 3.05) is 13.2 Å². The Morgan fingerprint density at radius 1 is 0.800 bits per heavy atom. The van der Waals surface area contributed by atoms with Crippen LogP contribution in [0, 0.1) is 23.7 Å². The highest BCUT2D eigenvalue weighted by molar-refractivity contribution is 4.84. The summed E-state index contributed by atoms with van der Waals surface area (Å²) in [6.07, 6.45) is 26.1. The van der Waals surface area contributed by atoms with Gasteiger partial charge in [-0.05, 0) is 88.4 Å². The van der Waals surface area contributed by atoms with E-state index >= 15 is 0 Å². The van der Waals surface area contributed by atoms with Crippen molar-refractivity contribution in [2.45, 2.75) is 90.9 Å². The normalized spacial score (nSPS) is 31.1. The van der Waals surface area contributed by atoms with Gasteiger partial charge in [-0.2, -0.15) is 0 Å². The van der Waals surface area contributed by atoms with Crippen molar-refractivity contribution in [3.8, 4) is 0 Å². The fourth-order valence-corrected chi connectivity index (χ4v) is 4.98. The lowest BCUT2D eigenvalue weighted by Crippen LogP contribution is -2.27. The molecule has 0 amide bonds. The van der Waals surface area contributed by atoms with E-state index in [1.165, 1.54) is 77.0 Å². The summed E-state index contributed by atoms with van der Waals surface area (Å²) in [5.41, 5.74) is 0. The first kappa shape index (κ1) is 20.7. The minimum atomic E-state index is 0.800. The van der Waals surface area contributed by atoms with Gasteiger partial charge in [0.2, 0.25) is 0 Å². The molecule has 0 heterocycles. The molecule has 0 bridgehead atoms. The molecule has 0 aromatic carbocycles. The van der Waals surface area contributed by atoms with Crippen LogP contribution < -0.4 is 0 Å². The van der Waals surface area contributed by atoms with Crippen LogP contribution >= 0.6 is 0 Å². The maximum Gasteiger partial charge on any atom is 0.0647 e. The third-order valence-electron chi connectivity index (χ3n) is 6.64. The van der Waals surface area contributed by atoms with Gasteiger partial charge in [0.05, 0.1) is 6.61 Å². The summed E-state index contributed by atoms with van der Waals surface area (Å²) >= 11 is 0. The average Bonchev–Trinajstić information content (AvgIpc) is 2.66. The van der Waals surface area contributed by atoms with E-state index in [0.717, 1.165) is 36.9 Å². The zero-order valence-corrected chi connectivity index (χ0v) is 16.9. The molecule has 0 unspecified atom stereocenters. The molecule has 0 aromatic heterocycles. The van der Waals surface area contributed by atoms with Crippen LogP contribution in [0.5, 0.6) is 0 Å². The number of ether oxygens (including phenoxy) is 1. The summed E-state index contributed by atoms with van der Waals surface area (Å²) in [5, 5.41) is 0. The van der Waals surface area contributed by atoms with Crippen LogP contribution in [0.15, 0.2) is 24.3 Å². The number of hydrogen-bond acceptors (Lipinski definition) is 1. The minimum Gasteiger partial charge on any atom is -0.377 e. The molecule has 25 heavy (non-hydrogen) atoms. The molecule has 0 aliphatic heterocycles. The van der Waals surface area contributed by atoms with Crippen LogP contribution in [-0.2, 0) is 4.74 Å². The van der Waals surface area contributed by atoms with E-state index < -0.39 is 0 Å². The zero-order valence-electron chi connectivity index (χ0n) is 16.9. The van der Waals surface area contributed by atoms with Gasteiger partial charge in [-0.25, -0.2) is 0 Å². The van der Waals surface area contributed by atoms with E-state index in [1.54, 1.807) is 0 Å². The molecule has 1 heteroatoms. The number of allylic oxidation sites excluding steroid dienone is 3.